The minimum absolute atomic E-state index is 0.278. The number of halogens is 1. The molecule has 3 heterocycles. The molecule has 0 radical (unpaired) electrons. The van der Waals surface area contributed by atoms with Gasteiger partial charge in [-0.1, -0.05) is 28.9 Å². The maximum atomic E-state index is 12.9. The molecule has 32 heavy (non-hydrogen) atoms. The van der Waals surface area contributed by atoms with E-state index in [1.54, 1.807) is 30.0 Å². The van der Waals surface area contributed by atoms with Crippen LogP contribution < -0.4 is 10.5 Å². The lowest BCUT2D eigenvalue weighted by Gasteiger charge is -2.15. The van der Waals surface area contributed by atoms with Crippen LogP contribution in [0, 0.1) is 13.8 Å². The summed E-state index contributed by atoms with van der Waals surface area (Å²) in [6, 6.07) is 10.9. The number of methoxy groups -OCH3 is 1. The third-order valence-electron chi connectivity index (χ3n) is 5.80. The van der Waals surface area contributed by atoms with Crippen LogP contribution in [0.25, 0.3) is 33.1 Å². The lowest BCUT2D eigenvalue weighted by Crippen LogP contribution is -2.19. The number of nitrogens with zero attached hydrogens (tertiary/aromatic N) is 3. The molecular weight excluding hydrogens is 430 g/mol. The molecule has 3 aromatic heterocycles. The molecule has 1 atom stereocenters. The van der Waals surface area contributed by atoms with Crippen molar-refractivity contribution in [2.45, 2.75) is 26.8 Å². The van der Waals surface area contributed by atoms with Gasteiger partial charge in [-0.25, -0.2) is 4.79 Å². The first-order valence-corrected chi connectivity index (χ1v) is 10.5. The molecule has 2 aromatic carbocycles. The van der Waals surface area contributed by atoms with Crippen molar-refractivity contribution in [3.63, 3.8) is 0 Å². The Bertz CT molecular complexity index is 1510. The molecule has 0 N–H and O–H groups in total. The molecule has 0 fully saturated rings. The maximum Gasteiger partial charge on any atom is 0.420 e. The van der Waals surface area contributed by atoms with Gasteiger partial charge in [-0.3, -0.25) is 9.55 Å². The fourth-order valence-electron chi connectivity index (χ4n) is 4.22. The molecular formula is C24H20ClN3O4. The van der Waals surface area contributed by atoms with Crippen molar-refractivity contribution in [1.82, 2.24) is 14.7 Å². The number of aryl methyl sites for hydroxylation is 2. The van der Waals surface area contributed by atoms with E-state index in [1.807, 2.05) is 45.0 Å². The summed E-state index contributed by atoms with van der Waals surface area (Å²) in [5.41, 5.74) is 5.16. The average molecular weight is 450 g/mol. The SMILES string of the molecule is COc1cc2c(cc1-c1c(C)noc1C)ncc1oc(=O)n(C(C)c3ccc(Cl)cc3)c12. The minimum Gasteiger partial charge on any atom is -0.496 e. The van der Waals surface area contributed by atoms with Crippen molar-refractivity contribution < 1.29 is 13.7 Å². The van der Waals surface area contributed by atoms with Crippen LogP contribution in [0.5, 0.6) is 5.75 Å². The molecule has 0 aliphatic carbocycles. The Morgan fingerprint density at radius 3 is 2.56 bits per heavy atom. The first-order chi connectivity index (χ1) is 15.4. The Kier molecular flexibility index (Phi) is 4.78. The van der Waals surface area contributed by atoms with Gasteiger partial charge in [-0.15, -0.1) is 0 Å². The summed E-state index contributed by atoms with van der Waals surface area (Å²) >= 11 is 6.04. The van der Waals surface area contributed by atoms with E-state index in [0.29, 0.717) is 33.1 Å². The number of pyridine rings is 1. The first-order valence-electron chi connectivity index (χ1n) is 10.1. The van der Waals surface area contributed by atoms with E-state index in [2.05, 4.69) is 10.1 Å². The van der Waals surface area contributed by atoms with Crippen molar-refractivity contribution in [1.29, 1.82) is 0 Å². The summed E-state index contributed by atoms with van der Waals surface area (Å²) in [6.45, 7) is 5.69. The second-order valence-corrected chi connectivity index (χ2v) is 8.14. The van der Waals surface area contributed by atoms with Crippen LogP contribution in [0.3, 0.4) is 0 Å². The zero-order chi connectivity index (χ0) is 22.6. The molecule has 5 aromatic rings. The number of oxazole rings is 1. The van der Waals surface area contributed by atoms with Crippen molar-refractivity contribution in [3.05, 3.63) is 75.2 Å². The second kappa shape index (κ2) is 7.53. The van der Waals surface area contributed by atoms with Crippen molar-refractivity contribution in [2.24, 2.45) is 0 Å². The minimum atomic E-state index is -0.453. The van der Waals surface area contributed by atoms with Gasteiger partial charge in [0.2, 0.25) is 0 Å². The van der Waals surface area contributed by atoms with Crippen LogP contribution in [0.1, 0.15) is 30.0 Å². The highest BCUT2D eigenvalue weighted by atomic mass is 35.5. The topological polar surface area (TPSA) is 83.3 Å². The Labute approximate surface area is 188 Å². The van der Waals surface area contributed by atoms with Gasteiger partial charge in [0, 0.05) is 16.0 Å². The molecule has 0 amide bonds. The number of aromatic nitrogens is 3. The normalized spacial score (nSPS) is 12.5. The number of rotatable bonds is 4. The third-order valence-corrected chi connectivity index (χ3v) is 6.06. The second-order valence-electron chi connectivity index (χ2n) is 7.71. The van der Waals surface area contributed by atoms with Gasteiger partial charge in [0.15, 0.2) is 5.58 Å². The predicted octanol–water partition coefficient (Wildman–Crippen LogP) is 5.69. The molecule has 0 bridgehead atoms. The predicted molar refractivity (Wildman–Crippen MR) is 123 cm³/mol. The van der Waals surface area contributed by atoms with Gasteiger partial charge in [0.25, 0.3) is 0 Å². The number of hydrogen-bond acceptors (Lipinski definition) is 6. The van der Waals surface area contributed by atoms with Gasteiger partial charge in [0.1, 0.15) is 17.0 Å². The molecule has 5 rings (SSSR count). The highest BCUT2D eigenvalue weighted by Gasteiger charge is 2.22. The fourth-order valence-corrected chi connectivity index (χ4v) is 4.34. The lowest BCUT2D eigenvalue weighted by atomic mass is 10.00. The molecule has 8 heteroatoms. The van der Waals surface area contributed by atoms with E-state index < -0.39 is 5.76 Å². The Morgan fingerprint density at radius 1 is 1.16 bits per heavy atom. The largest absolute Gasteiger partial charge is 0.496 e. The molecule has 0 saturated heterocycles. The van der Waals surface area contributed by atoms with E-state index in [1.165, 1.54) is 0 Å². The summed E-state index contributed by atoms with van der Waals surface area (Å²) in [7, 11) is 1.61. The van der Waals surface area contributed by atoms with Crippen LogP contribution in [0.4, 0.5) is 0 Å². The number of hydrogen-bond donors (Lipinski definition) is 0. The van der Waals surface area contributed by atoms with E-state index in [9.17, 15) is 4.79 Å². The number of fused-ring (bicyclic) bond motifs is 3. The quantitative estimate of drug-likeness (QED) is 0.350. The van der Waals surface area contributed by atoms with E-state index in [-0.39, 0.29) is 6.04 Å². The van der Waals surface area contributed by atoms with Gasteiger partial charge in [-0.2, -0.15) is 0 Å². The van der Waals surface area contributed by atoms with Gasteiger partial charge in [-0.05, 0) is 50.6 Å². The van der Waals surface area contributed by atoms with Crippen LogP contribution in [-0.4, -0.2) is 21.8 Å². The van der Waals surface area contributed by atoms with Crippen LogP contribution in [0.2, 0.25) is 5.02 Å². The molecule has 0 saturated carbocycles. The Hall–Kier alpha value is -3.58. The summed E-state index contributed by atoms with van der Waals surface area (Å²) < 4.78 is 18.2. The van der Waals surface area contributed by atoms with Crippen molar-refractivity contribution in [2.75, 3.05) is 7.11 Å². The molecule has 0 aliphatic heterocycles. The highest BCUT2D eigenvalue weighted by molar-refractivity contribution is 6.30. The summed E-state index contributed by atoms with van der Waals surface area (Å²) in [5.74, 6) is 0.865. The summed E-state index contributed by atoms with van der Waals surface area (Å²) in [5, 5.41) is 5.44. The molecule has 162 valence electrons. The Morgan fingerprint density at radius 2 is 1.91 bits per heavy atom. The number of ether oxygens (including phenoxy) is 1. The van der Waals surface area contributed by atoms with Crippen molar-refractivity contribution >= 4 is 33.6 Å². The van der Waals surface area contributed by atoms with Crippen LogP contribution >= 0.6 is 11.6 Å². The zero-order valence-corrected chi connectivity index (χ0v) is 18.7. The summed E-state index contributed by atoms with van der Waals surface area (Å²) in [4.78, 5) is 17.4. The van der Waals surface area contributed by atoms with Crippen LogP contribution in [0.15, 0.2) is 56.3 Å². The van der Waals surface area contributed by atoms with Gasteiger partial charge >= 0.3 is 5.76 Å². The lowest BCUT2D eigenvalue weighted by molar-refractivity contribution is 0.393. The van der Waals surface area contributed by atoms with Crippen molar-refractivity contribution in [3.8, 4) is 16.9 Å². The zero-order valence-electron chi connectivity index (χ0n) is 18.0. The molecule has 0 aliphatic rings. The molecule has 7 nitrogen and oxygen atoms in total. The van der Waals surface area contributed by atoms with Gasteiger partial charge < -0.3 is 13.7 Å². The molecule has 0 spiro atoms. The monoisotopic (exact) mass is 449 g/mol. The third kappa shape index (κ3) is 3.08. The maximum absolute atomic E-state index is 12.9. The van der Waals surface area contributed by atoms with Gasteiger partial charge in [0.05, 0.1) is 36.1 Å². The van der Waals surface area contributed by atoms with E-state index in [4.69, 9.17) is 25.3 Å². The number of benzene rings is 2. The standard InChI is InChI=1S/C24H20ClN3O4/c1-12-22(14(3)32-27-12)18-9-19-17(10-20(18)30-4)23-21(11-26-19)31-24(29)28(23)13(2)15-5-7-16(25)8-6-15/h5-11,13H,1-4H3. The smallest absolute Gasteiger partial charge is 0.420 e. The fraction of sp³-hybridized carbons (Fsp3) is 0.208. The summed E-state index contributed by atoms with van der Waals surface area (Å²) in [6.07, 6.45) is 1.58. The van der Waals surface area contributed by atoms with Crippen LogP contribution in [-0.2, 0) is 0 Å². The average Bonchev–Trinajstić information content (AvgIpc) is 3.30. The van der Waals surface area contributed by atoms with E-state index >= 15 is 0 Å². The Balaban J connectivity index is 1.80. The van der Waals surface area contributed by atoms with E-state index in [0.717, 1.165) is 27.8 Å². The molecule has 1 unspecified atom stereocenters. The highest BCUT2D eigenvalue weighted by Crippen LogP contribution is 2.39. The first kappa shape index (κ1) is 20.3.